The van der Waals surface area contributed by atoms with E-state index in [4.69, 9.17) is 0 Å². The van der Waals surface area contributed by atoms with Gasteiger partial charge in [0.05, 0.1) is 10.6 Å². The summed E-state index contributed by atoms with van der Waals surface area (Å²) in [5, 5.41) is 4.84. The Kier molecular flexibility index (Phi) is 5.25. The van der Waals surface area contributed by atoms with Crippen molar-refractivity contribution in [1.29, 1.82) is 0 Å². The van der Waals surface area contributed by atoms with Crippen LogP contribution in [0.25, 0.3) is 0 Å². The third-order valence-electron chi connectivity index (χ3n) is 4.02. The van der Waals surface area contributed by atoms with E-state index in [1.54, 1.807) is 6.07 Å². The van der Waals surface area contributed by atoms with Gasteiger partial charge >= 0.3 is 0 Å². The van der Waals surface area contributed by atoms with E-state index < -0.39 is 0 Å². The van der Waals surface area contributed by atoms with Crippen LogP contribution < -0.4 is 10.2 Å². The van der Waals surface area contributed by atoms with Gasteiger partial charge in [-0.2, -0.15) is 0 Å². The summed E-state index contributed by atoms with van der Waals surface area (Å²) < 4.78 is 13.8. The minimum absolute atomic E-state index is 0.00927. The fourth-order valence-electron chi connectivity index (χ4n) is 2.74. The molecule has 2 aromatic rings. The van der Waals surface area contributed by atoms with E-state index in [1.807, 2.05) is 29.6 Å². The number of piperazine rings is 1. The van der Waals surface area contributed by atoms with E-state index in [-0.39, 0.29) is 11.7 Å². The van der Waals surface area contributed by atoms with E-state index in [0.29, 0.717) is 12.2 Å². The molecule has 23 heavy (non-hydrogen) atoms. The van der Waals surface area contributed by atoms with Gasteiger partial charge in [0.25, 0.3) is 5.91 Å². The predicted molar refractivity (Wildman–Crippen MR) is 91.7 cm³/mol. The van der Waals surface area contributed by atoms with Gasteiger partial charge in [0.2, 0.25) is 0 Å². The first-order chi connectivity index (χ1) is 11.2. The van der Waals surface area contributed by atoms with Gasteiger partial charge in [-0.25, -0.2) is 4.39 Å². The highest BCUT2D eigenvalue weighted by Gasteiger charge is 2.19. The number of carbonyl (C=O) groups is 1. The van der Waals surface area contributed by atoms with E-state index >= 15 is 0 Å². The third kappa shape index (κ3) is 4.09. The quantitative estimate of drug-likeness (QED) is 0.913. The van der Waals surface area contributed by atoms with Gasteiger partial charge < -0.3 is 10.2 Å². The highest BCUT2D eigenvalue weighted by Crippen LogP contribution is 2.19. The summed E-state index contributed by atoms with van der Waals surface area (Å²) in [6.07, 6.45) is 0. The molecule has 1 N–H and O–H groups in total. The van der Waals surface area contributed by atoms with Crippen molar-refractivity contribution in [3.8, 4) is 0 Å². The zero-order valence-corrected chi connectivity index (χ0v) is 13.7. The molecule has 1 saturated heterocycles. The summed E-state index contributed by atoms with van der Waals surface area (Å²) in [5.74, 6) is -0.172. The number of thiophene rings is 1. The minimum atomic E-state index is -0.163. The van der Waals surface area contributed by atoms with Crippen LogP contribution in [0, 0.1) is 5.82 Å². The molecule has 1 aliphatic rings. The maximum Gasteiger partial charge on any atom is 0.261 e. The number of para-hydroxylation sites is 1. The molecule has 1 amide bonds. The van der Waals surface area contributed by atoms with Crippen LogP contribution in [-0.4, -0.2) is 50.1 Å². The Hall–Kier alpha value is -1.92. The number of benzene rings is 1. The van der Waals surface area contributed by atoms with Crippen molar-refractivity contribution in [2.24, 2.45) is 0 Å². The number of amides is 1. The zero-order valence-electron chi connectivity index (χ0n) is 12.9. The number of carbonyl (C=O) groups excluding carboxylic acids is 1. The number of hydrogen-bond donors (Lipinski definition) is 1. The fraction of sp³-hybridized carbons (Fsp3) is 0.353. The lowest BCUT2D eigenvalue weighted by Gasteiger charge is -2.36. The second-order valence-corrected chi connectivity index (χ2v) is 6.46. The number of halogens is 1. The largest absolute Gasteiger partial charge is 0.367 e. The Morgan fingerprint density at radius 3 is 2.61 bits per heavy atom. The normalized spacial score (nSPS) is 15.6. The lowest BCUT2D eigenvalue weighted by molar-refractivity contribution is 0.0952. The van der Waals surface area contributed by atoms with Gasteiger partial charge in [0.1, 0.15) is 5.82 Å². The molecule has 0 spiro atoms. The van der Waals surface area contributed by atoms with E-state index in [9.17, 15) is 9.18 Å². The van der Waals surface area contributed by atoms with E-state index in [0.717, 1.165) is 37.6 Å². The number of nitrogens with zero attached hydrogens (tertiary/aromatic N) is 2. The topological polar surface area (TPSA) is 35.6 Å². The van der Waals surface area contributed by atoms with Gasteiger partial charge in [-0.15, -0.1) is 11.3 Å². The highest BCUT2D eigenvalue weighted by atomic mass is 32.1. The van der Waals surface area contributed by atoms with Crippen LogP contribution in [0.15, 0.2) is 41.8 Å². The van der Waals surface area contributed by atoms with Crippen molar-refractivity contribution in [3.63, 3.8) is 0 Å². The summed E-state index contributed by atoms with van der Waals surface area (Å²) in [4.78, 5) is 17.0. The summed E-state index contributed by atoms with van der Waals surface area (Å²) in [5.41, 5.74) is 0.679. The van der Waals surface area contributed by atoms with Crippen LogP contribution in [0.1, 0.15) is 9.67 Å². The Morgan fingerprint density at radius 1 is 1.13 bits per heavy atom. The molecule has 2 heterocycles. The van der Waals surface area contributed by atoms with Crippen LogP contribution >= 0.6 is 11.3 Å². The highest BCUT2D eigenvalue weighted by molar-refractivity contribution is 7.12. The molecule has 0 bridgehead atoms. The number of nitrogens with one attached hydrogen (secondary N) is 1. The molecule has 0 atom stereocenters. The van der Waals surface area contributed by atoms with Crippen molar-refractivity contribution in [3.05, 3.63) is 52.5 Å². The lowest BCUT2D eigenvalue weighted by Crippen LogP contribution is -2.48. The van der Waals surface area contributed by atoms with Gasteiger partial charge in [0, 0.05) is 39.3 Å². The van der Waals surface area contributed by atoms with Crippen LogP contribution in [0.5, 0.6) is 0 Å². The first-order valence-electron chi connectivity index (χ1n) is 7.77. The fourth-order valence-corrected chi connectivity index (χ4v) is 3.38. The average Bonchev–Trinajstić information content (AvgIpc) is 3.11. The van der Waals surface area contributed by atoms with Gasteiger partial charge in [0.15, 0.2) is 0 Å². The molecule has 122 valence electrons. The summed E-state index contributed by atoms with van der Waals surface area (Å²) in [6, 6.07) is 10.6. The Labute approximate surface area is 139 Å². The molecule has 6 heteroatoms. The van der Waals surface area contributed by atoms with Crippen molar-refractivity contribution in [1.82, 2.24) is 10.2 Å². The Bertz CT molecular complexity index is 639. The molecule has 0 saturated carbocycles. The van der Waals surface area contributed by atoms with Crippen LogP contribution in [0.3, 0.4) is 0 Å². The monoisotopic (exact) mass is 333 g/mol. The van der Waals surface area contributed by atoms with Crippen molar-refractivity contribution in [2.75, 3.05) is 44.2 Å². The first-order valence-corrected chi connectivity index (χ1v) is 8.65. The standard InChI is InChI=1S/C17H20FN3OS/c18-14-4-1-2-5-15(14)21-11-9-20(10-12-21)8-7-19-17(22)16-6-3-13-23-16/h1-6,13H,7-12H2,(H,19,22). The van der Waals surface area contributed by atoms with Gasteiger partial charge in [-0.05, 0) is 23.6 Å². The number of rotatable bonds is 5. The molecular weight excluding hydrogens is 313 g/mol. The molecule has 0 unspecified atom stereocenters. The van der Waals surface area contributed by atoms with E-state index in [2.05, 4.69) is 15.1 Å². The average molecular weight is 333 g/mol. The molecule has 1 aromatic heterocycles. The van der Waals surface area contributed by atoms with Crippen LogP contribution in [0.2, 0.25) is 0 Å². The summed E-state index contributed by atoms with van der Waals surface area (Å²) >= 11 is 1.45. The maximum absolute atomic E-state index is 13.8. The summed E-state index contributed by atoms with van der Waals surface area (Å²) in [7, 11) is 0. The first kappa shape index (κ1) is 16.0. The molecule has 1 fully saturated rings. The third-order valence-corrected chi connectivity index (χ3v) is 4.89. The van der Waals surface area contributed by atoms with Crippen molar-refractivity contribution >= 4 is 22.9 Å². The van der Waals surface area contributed by atoms with Gasteiger partial charge in [-0.1, -0.05) is 18.2 Å². The second kappa shape index (κ2) is 7.57. The number of hydrogen-bond acceptors (Lipinski definition) is 4. The molecule has 0 radical (unpaired) electrons. The van der Waals surface area contributed by atoms with Gasteiger partial charge in [-0.3, -0.25) is 9.69 Å². The van der Waals surface area contributed by atoms with Crippen molar-refractivity contribution in [2.45, 2.75) is 0 Å². The molecule has 4 nitrogen and oxygen atoms in total. The van der Waals surface area contributed by atoms with Crippen LogP contribution in [0.4, 0.5) is 10.1 Å². The Balaban J connectivity index is 1.41. The zero-order chi connectivity index (χ0) is 16.1. The SMILES string of the molecule is O=C(NCCN1CCN(c2ccccc2F)CC1)c1cccs1. The molecular formula is C17H20FN3OS. The van der Waals surface area contributed by atoms with Crippen LogP contribution in [-0.2, 0) is 0 Å². The Morgan fingerprint density at radius 2 is 1.91 bits per heavy atom. The van der Waals surface area contributed by atoms with E-state index in [1.165, 1.54) is 17.4 Å². The molecule has 1 aromatic carbocycles. The predicted octanol–water partition coefficient (Wildman–Crippen LogP) is 2.44. The molecule has 0 aliphatic carbocycles. The smallest absolute Gasteiger partial charge is 0.261 e. The number of anilines is 1. The minimum Gasteiger partial charge on any atom is -0.367 e. The molecule has 3 rings (SSSR count). The molecule has 1 aliphatic heterocycles. The summed E-state index contributed by atoms with van der Waals surface area (Å²) in [6.45, 7) is 4.82. The second-order valence-electron chi connectivity index (χ2n) is 5.51. The van der Waals surface area contributed by atoms with Crippen molar-refractivity contribution < 1.29 is 9.18 Å². The maximum atomic E-state index is 13.8. The lowest BCUT2D eigenvalue weighted by atomic mass is 10.2.